The Morgan fingerprint density at radius 1 is 0.292 bits per heavy atom. The molecule has 0 fully saturated rings. The van der Waals surface area contributed by atoms with Crippen molar-refractivity contribution in [2.45, 2.75) is 336 Å². The summed E-state index contributed by atoms with van der Waals surface area (Å²) in [5.74, 6) is 0.811. The fourth-order valence-electron chi connectivity index (χ4n) is 9.05. The summed E-state index contributed by atoms with van der Waals surface area (Å²) < 4.78 is 16.9. The second-order valence-corrected chi connectivity index (χ2v) is 21.2. The topological polar surface area (TPSA) is 78.9 Å². The number of esters is 3. The van der Waals surface area contributed by atoms with Crippen LogP contribution in [0.25, 0.3) is 0 Å². The first kappa shape index (κ1) is 63.4. The Kier molecular flexibility index (Phi) is 50.5. The molecule has 386 valence electrons. The highest BCUT2D eigenvalue weighted by Gasteiger charge is 2.19. The Bertz CT molecular complexity index is 993. The number of carbonyl (C=O) groups is 3. The first-order valence-electron chi connectivity index (χ1n) is 29.2. The van der Waals surface area contributed by atoms with E-state index in [2.05, 4.69) is 34.6 Å². The van der Waals surface area contributed by atoms with Gasteiger partial charge < -0.3 is 14.2 Å². The molecule has 6 nitrogen and oxygen atoms in total. The lowest BCUT2D eigenvalue weighted by Crippen LogP contribution is -2.30. The molecule has 0 amide bonds. The Morgan fingerprint density at radius 3 is 0.754 bits per heavy atom. The fourth-order valence-corrected chi connectivity index (χ4v) is 9.05. The minimum absolute atomic E-state index is 0.0632. The number of unbranched alkanes of at least 4 members (excludes halogenated alkanes) is 38. The van der Waals surface area contributed by atoms with Crippen LogP contribution in [0.2, 0.25) is 0 Å². The maximum absolute atomic E-state index is 12.8. The molecular formula is C59H114O6. The van der Waals surface area contributed by atoms with E-state index in [9.17, 15) is 14.4 Å². The third-order valence-electron chi connectivity index (χ3n) is 13.5. The van der Waals surface area contributed by atoms with Crippen LogP contribution < -0.4 is 0 Å². The van der Waals surface area contributed by atoms with Gasteiger partial charge in [-0.25, -0.2) is 0 Å². The molecule has 0 saturated carbocycles. The zero-order valence-corrected chi connectivity index (χ0v) is 44.6. The van der Waals surface area contributed by atoms with E-state index in [1.807, 2.05) is 0 Å². The smallest absolute Gasteiger partial charge is 0.306 e. The quantitative estimate of drug-likeness (QED) is 0.0344. The van der Waals surface area contributed by atoms with Gasteiger partial charge in [0.15, 0.2) is 6.10 Å². The molecule has 0 aromatic carbocycles. The van der Waals surface area contributed by atoms with Crippen LogP contribution in [-0.4, -0.2) is 37.2 Å². The van der Waals surface area contributed by atoms with Gasteiger partial charge in [-0.05, 0) is 31.1 Å². The lowest BCUT2D eigenvalue weighted by atomic mass is 10.0. The van der Waals surface area contributed by atoms with Gasteiger partial charge >= 0.3 is 17.9 Å². The van der Waals surface area contributed by atoms with Crippen LogP contribution in [0.1, 0.15) is 330 Å². The van der Waals surface area contributed by atoms with E-state index >= 15 is 0 Å². The fraction of sp³-hybridized carbons (Fsp3) is 0.949. The summed E-state index contributed by atoms with van der Waals surface area (Å²) >= 11 is 0. The number of hydrogen-bond acceptors (Lipinski definition) is 6. The molecule has 6 heteroatoms. The molecule has 0 unspecified atom stereocenters. The van der Waals surface area contributed by atoms with Crippen molar-refractivity contribution in [2.24, 2.45) is 11.8 Å². The second kappa shape index (κ2) is 51.8. The van der Waals surface area contributed by atoms with Crippen LogP contribution >= 0.6 is 0 Å². The minimum Gasteiger partial charge on any atom is -0.462 e. The molecule has 0 rings (SSSR count). The van der Waals surface area contributed by atoms with Crippen molar-refractivity contribution in [3.63, 3.8) is 0 Å². The van der Waals surface area contributed by atoms with Crippen molar-refractivity contribution in [1.82, 2.24) is 0 Å². The van der Waals surface area contributed by atoms with E-state index in [1.165, 1.54) is 218 Å². The molecule has 65 heavy (non-hydrogen) atoms. The summed E-state index contributed by atoms with van der Waals surface area (Å²) in [4.78, 5) is 38.1. The summed E-state index contributed by atoms with van der Waals surface area (Å²) in [5.41, 5.74) is 0. The van der Waals surface area contributed by atoms with Crippen molar-refractivity contribution in [3.05, 3.63) is 0 Å². The number of carbonyl (C=O) groups excluding carboxylic acids is 3. The summed E-state index contributed by atoms with van der Waals surface area (Å²) in [6.07, 6.45) is 55.3. The van der Waals surface area contributed by atoms with Crippen LogP contribution in [-0.2, 0) is 28.6 Å². The normalized spacial score (nSPS) is 12.0. The highest BCUT2D eigenvalue weighted by Crippen LogP contribution is 2.18. The maximum atomic E-state index is 12.8. The Balaban J connectivity index is 4.21. The molecule has 0 saturated heterocycles. The lowest BCUT2D eigenvalue weighted by Gasteiger charge is -2.18. The third kappa shape index (κ3) is 53.2. The van der Waals surface area contributed by atoms with Crippen LogP contribution in [0, 0.1) is 11.8 Å². The monoisotopic (exact) mass is 919 g/mol. The number of hydrogen-bond donors (Lipinski definition) is 0. The van der Waals surface area contributed by atoms with E-state index in [-0.39, 0.29) is 31.1 Å². The van der Waals surface area contributed by atoms with Gasteiger partial charge in [-0.3, -0.25) is 14.4 Å². The molecule has 0 bridgehead atoms. The summed E-state index contributed by atoms with van der Waals surface area (Å²) in [5, 5.41) is 0. The van der Waals surface area contributed by atoms with Crippen molar-refractivity contribution >= 4 is 17.9 Å². The van der Waals surface area contributed by atoms with Crippen LogP contribution in [0.4, 0.5) is 0 Å². The average molecular weight is 920 g/mol. The molecule has 0 aromatic heterocycles. The first-order valence-corrected chi connectivity index (χ1v) is 29.2. The van der Waals surface area contributed by atoms with Crippen molar-refractivity contribution in [3.8, 4) is 0 Å². The Hall–Kier alpha value is -1.59. The van der Waals surface area contributed by atoms with Crippen LogP contribution in [0.5, 0.6) is 0 Å². The van der Waals surface area contributed by atoms with Gasteiger partial charge in [0.1, 0.15) is 13.2 Å². The molecule has 0 aliphatic carbocycles. The molecule has 1 atom stereocenters. The van der Waals surface area contributed by atoms with Gasteiger partial charge in [0.2, 0.25) is 0 Å². The zero-order chi connectivity index (χ0) is 47.5. The molecule has 0 spiro atoms. The molecular weight excluding hydrogens is 805 g/mol. The zero-order valence-electron chi connectivity index (χ0n) is 44.6. The van der Waals surface area contributed by atoms with E-state index in [4.69, 9.17) is 14.2 Å². The largest absolute Gasteiger partial charge is 0.462 e. The molecule has 0 radical (unpaired) electrons. The van der Waals surface area contributed by atoms with Crippen molar-refractivity contribution in [1.29, 1.82) is 0 Å². The Morgan fingerprint density at radius 2 is 0.508 bits per heavy atom. The number of ether oxygens (including phenoxy) is 3. The summed E-state index contributed by atoms with van der Waals surface area (Å²) in [6.45, 7) is 11.4. The molecule has 0 N–H and O–H groups in total. The predicted molar refractivity (Wildman–Crippen MR) is 280 cm³/mol. The minimum atomic E-state index is -0.763. The molecule has 0 aliphatic rings. The van der Waals surface area contributed by atoms with Crippen molar-refractivity contribution < 1.29 is 28.6 Å². The SMILES string of the molecule is CCCCCCCCCCCCCCCCCC(=O)OC[C@@H](COC(=O)CCCCCCCCCCCCCCCCCCCCC(C)C)OC(=O)CCCCCCCCCCC(C)C. The van der Waals surface area contributed by atoms with E-state index < -0.39 is 6.10 Å². The van der Waals surface area contributed by atoms with Gasteiger partial charge in [0, 0.05) is 19.3 Å². The first-order chi connectivity index (χ1) is 31.7. The van der Waals surface area contributed by atoms with E-state index in [0.29, 0.717) is 19.3 Å². The van der Waals surface area contributed by atoms with Crippen LogP contribution in [0.3, 0.4) is 0 Å². The van der Waals surface area contributed by atoms with Gasteiger partial charge in [-0.2, -0.15) is 0 Å². The highest BCUT2D eigenvalue weighted by atomic mass is 16.6. The van der Waals surface area contributed by atoms with Gasteiger partial charge in [-0.1, -0.05) is 291 Å². The molecule has 0 aliphatic heterocycles. The third-order valence-corrected chi connectivity index (χ3v) is 13.5. The van der Waals surface area contributed by atoms with E-state index in [0.717, 1.165) is 69.6 Å². The Labute approximate surface area is 406 Å². The highest BCUT2D eigenvalue weighted by molar-refractivity contribution is 5.71. The van der Waals surface area contributed by atoms with Gasteiger partial charge in [-0.15, -0.1) is 0 Å². The lowest BCUT2D eigenvalue weighted by molar-refractivity contribution is -0.167. The summed E-state index contributed by atoms with van der Waals surface area (Å²) in [6, 6.07) is 0. The second-order valence-electron chi connectivity index (χ2n) is 21.2. The van der Waals surface area contributed by atoms with Crippen molar-refractivity contribution in [2.75, 3.05) is 13.2 Å². The number of rotatable bonds is 53. The predicted octanol–water partition coefficient (Wildman–Crippen LogP) is 19.3. The van der Waals surface area contributed by atoms with Gasteiger partial charge in [0.05, 0.1) is 0 Å². The van der Waals surface area contributed by atoms with E-state index in [1.54, 1.807) is 0 Å². The maximum Gasteiger partial charge on any atom is 0.306 e. The molecule has 0 heterocycles. The standard InChI is InChI=1S/C59H114O6/c1-6-7-8-9-10-11-12-13-18-22-25-28-34-39-44-49-57(60)63-52-56(65-59(62)51-46-41-36-31-30-33-38-43-48-55(4)5)53-64-58(61)50-45-40-35-29-26-23-20-17-15-14-16-19-21-24-27-32-37-42-47-54(2)3/h54-56H,6-53H2,1-5H3/t56-/m0/s1. The van der Waals surface area contributed by atoms with Crippen LogP contribution in [0.15, 0.2) is 0 Å². The summed E-state index contributed by atoms with van der Waals surface area (Å²) in [7, 11) is 0. The molecule has 0 aromatic rings. The average Bonchev–Trinajstić information content (AvgIpc) is 3.28. The van der Waals surface area contributed by atoms with Gasteiger partial charge in [0.25, 0.3) is 0 Å².